The average Bonchev–Trinajstić information content (AvgIpc) is 3.11. The minimum Gasteiger partial charge on any atom is -0.306 e. The number of rotatable bonds is 8. The van der Waals surface area contributed by atoms with E-state index in [2.05, 4.69) is 188 Å². The summed E-state index contributed by atoms with van der Waals surface area (Å²) >= 11 is 1.26. The van der Waals surface area contributed by atoms with Crippen molar-refractivity contribution in [2.24, 2.45) is 0 Å². The van der Waals surface area contributed by atoms with Gasteiger partial charge in [0, 0.05) is 4.90 Å². The van der Waals surface area contributed by atoms with Crippen LogP contribution in [0.25, 0.3) is 66.8 Å². The highest BCUT2D eigenvalue weighted by molar-refractivity contribution is 7.97. The molecule has 0 saturated carbocycles. The lowest BCUT2D eigenvalue weighted by atomic mass is 9.86. The summed E-state index contributed by atoms with van der Waals surface area (Å²) in [5.74, 6) is 0. The summed E-state index contributed by atoms with van der Waals surface area (Å²) in [4.78, 5) is 3.44. The van der Waals surface area contributed by atoms with Crippen molar-refractivity contribution in [1.29, 1.82) is 0 Å². The predicted octanol–water partition coefficient (Wildman–Crippen LogP) is 14.1. The molecule has 7 aromatic rings. The van der Waals surface area contributed by atoms with Crippen LogP contribution in [0, 0.1) is 55.4 Å². The van der Waals surface area contributed by atoms with Crippen LogP contribution in [0.15, 0.2) is 132 Å². The van der Waals surface area contributed by atoms with Gasteiger partial charge in [0.25, 0.3) is 0 Å². The van der Waals surface area contributed by atoms with E-state index in [-0.39, 0.29) is 0 Å². The maximum Gasteiger partial charge on any atom is 0.0406 e. The third-order valence-electron chi connectivity index (χ3n) is 10.7. The molecule has 7 rings (SSSR count). The van der Waals surface area contributed by atoms with Crippen LogP contribution in [-0.2, 0) is 0 Å². The Hall–Kier alpha value is -5.19. The Morgan fingerprint density at radius 1 is 0.340 bits per heavy atom. The zero-order valence-electron chi connectivity index (χ0n) is 32.0. The molecule has 0 amide bonds. The first-order valence-electron chi connectivity index (χ1n) is 18.3. The van der Waals surface area contributed by atoms with Crippen molar-refractivity contribution in [3.63, 3.8) is 0 Å². The van der Waals surface area contributed by atoms with E-state index in [0.717, 1.165) is 27.1 Å². The molecule has 0 aliphatic heterocycles. The van der Waals surface area contributed by atoms with Crippen LogP contribution in [0.3, 0.4) is 0 Å². The smallest absolute Gasteiger partial charge is 0.0406 e. The first-order chi connectivity index (χ1) is 25.5. The van der Waals surface area contributed by atoms with E-state index in [1.54, 1.807) is 0 Å². The Balaban J connectivity index is 1.52. The van der Waals surface area contributed by atoms with E-state index in [9.17, 15) is 5.21 Å². The lowest BCUT2D eigenvalue weighted by Crippen LogP contribution is -1.99. The van der Waals surface area contributed by atoms with Crippen molar-refractivity contribution < 1.29 is 5.21 Å². The van der Waals surface area contributed by atoms with Crippen molar-refractivity contribution in [1.82, 2.24) is 4.89 Å². The Morgan fingerprint density at radius 3 is 0.811 bits per heavy atom. The minimum absolute atomic E-state index is 0.965. The first-order valence-corrected chi connectivity index (χ1v) is 19.1. The molecule has 3 heteroatoms. The molecule has 0 spiro atoms. The van der Waals surface area contributed by atoms with Crippen LogP contribution < -0.4 is 4.89 Å². The molecule has 264 valence electrons. The molecule has 0 bridgehead atoms. The van der Waals surface area contributed by atoms with Gasteiger partial charge in [-0.2, -0.15) is 0 Å². The zero-order valence-corrected chi connectivity index (χ0v) is 32.8. The third-order valence-corrected chi connectivity index (χ3v) is 11.5. The second-order valence-corrected chi connectivity index (χ2v) is 15.3. The number of hydrogen-bond acceptors (Lipinski definition) is 3. The summed E-state index contributed by atoms with van der Waals surface area (Å²) < 4.78 is 0. The number of benzene rings is 7. The summed E-state index contributed by atoms with van der Waals surface area (Å²) in [6, 6.07) is 46.6. The summed E-state index contributed by atoms with van der Waals surface area (Å²) in [5.41, 5.74) is 24.1. The van der Waals surface area contributed by atoms with Gasteiger partial charge in [0.05, 0.1) is 0 Å². The molecule has 0 aliphatic rings. The Labute approximate surface area is 319 Å². The molecule has 0 saturated heterocycles. The van der Waals surface area contributed by atoms with Crippen LogP contribution >= 0.6 is 11.9 Å². The van der Waals surface area contributed by atoms with E-state index >= 15 is 0 Å². The largest absolute Gasteiger partial charge is 0.306 e. The van der Waals surface area contributed by atoms with Crippen LogP contribution in [0.5, 0.6) is 0 Å². The van der Waals surface area contributed by atoms with Gasteiger partial charge in [-0.3, -0.25) is 0 Å². The number of hydrogen-bond donors (Lipinski definition) is 2. The van der Waals surface area contributed by atoms with Crippen molar-refractivity contribution in [2.45, 2.75) is 60.3 Å². The number of aryl methyl sites for hydroxylation is 8. The van der Waals surface area contributed by atoms with E-state index in [1.165, 1.54) is 101 Å². The van der Waals surface area contributed by atoms with Gasteiger partial charge >= 0.3 is 0 Å². The Kier molecular flexibility index (Phi) is 10.3. The van der Waals surface area contributed by atoms with Gasteiger partial charge in [0.2, 0.25) is 0 Å². The third kappa shape index (κ3) is 7.01. The molecule has 0 unspecified atom stereocenters. The fourth-order valence-electron chi connectivity index (χ4n) is 8.37. The molecule has 0 fully saturated rings. The van der Waals surface area contributed by atoms with Crippen molar-refractivity contribution in [3.05, 3.63) is 172 Å². The van der Waals surface area contributed by atoms with Gasteiger partial charge in [-0.1, -0.05) is 91.0 Å². The molecule has 2 N–H and O–H groups in total. The van der Waals surface area contributed by atoms with Crippen molar-refractivity contribution in [3.8, 4) is 66.8 Å². The maximum atomic E-state index is 10.4. The SMILES string of the molecule is Cc1cccc(C)c1-c1cc(-c2cccc(-c3cc(-c4c(C)cccc4C)cc(-c4c(C)cccc4C)c3)c2SNO)cc(-c2c(C)cccc2C)c1. The lowest BCUT2D eigenvalue weighted by Gasteiger charge is -2.20. The normalized spacial score (nSPS) is 11.3. The molecule has 0 aromatic heterocycles. The predicted molar refractivity (Wildman–Crippen MR) is 228 cm³/mol. The molecule has 0 radical (unpaired) electrons. The van der Waals surface area contributed by atoms with Gasteiger partial charge in [0.15, 0.2) is 0 Å². The zero-order chi connectivity index (χ0) is 37.4. The van der Waals surface area contributed by atoms with Gasteiger partial charge in [-0.25, -0.2) is 0 Å². The summed E-state index contributed by atoms with van der Waals surface area (Å²) in [5, 5.41) is 10.4. The highest BCUT2D eigenvalue weighted by Gasteiger charge is 2.20. The highest BCUT2D eigenvalue weighted by Crippen LogP contribution is 2.45. The fourth-order valence-corrected chi connectivity index (χ4v) is 9.05. The van der Waals surface area contributed by atoms with E-state index in [1.807, 2.05) is 0 Å². The average molecular weight is 710 g/mol. The van der Waals surface area contributed by atoms with Crippen LogP contribution in [0.2, 0.25) is 0 Å². The first kappa shape index (κ1) is 36.2. The lowest BCUT2D eigenvalue weighted by molar-refractivity contribution is 0.258. The van der Waals surface area contributed by atoms with Crippen LogP contribution in [0.4, 0.5) is 0 Å². The van der Waals surface area contributed by atoms with E-state index in [0.29, 0.717) is 0 Å². The molecule has 2 nitrogen and oxygen atoms in total. The van der Waals surface area contributed by atoms with Gasteiger partial charge in [-0.15, -0.1) is 4.89 Å². The summed E-state index contributed by atoms with van der Waals surface area (Å²) in [6.07, 6.45) is 0. The Bertz CT molecular complexity index is 2120. The highest BCUT2D eigenvalue weighted by atomic mass is 32.2. The molecule has 0 aliphatic carbocycles. The van der Waals surface area contributed by atoms with Gasteiger partial charge in [0.1, 0.15) is 0 Å². The second-order valence-electron chi connectivity index (χ2n) is 14.5. The summed E-state index contributed by atoms with van der Waals surface area (Å²) in [7, 11) is 0. The Morgan fingerprint density at radius 2 is 0.566 bits per heavy atom. The van der Waals surface area contributed by atoms with Crippen LogP contribution in [-0.4, -0.2) is 5.21 Å². The molecule has 0 heterocycles. The summed E-state index contributed by atoms with van der Waals surface area (Å²) in [6.45, 7) is 17.6. The van der Waals surface area contributed by atoms with Gasteiger partial charge in [-0.05, 0) is 215 Å². The standard InChI is InChI=1S/C50H47NOS/c1-30-14-9-15-31(2)46(30)40-24-38(25-41(28-40)47-32(3)16-10-17-33(47)4)44-22-13-23-45(50(44)53-51-52)39-26-42(48-34(5)18-11-19-35(48)6)29-43(27-39)49-36(7)20-12-21-37(49)8/h9-29,51-52H,1-8H3. The maximum absolute atomic E-state index is 10.4. The van der Waals surface area contributed by atoms with Gasteiger partial charge < -0.3 is 5.21 Å². The molecule has 0 atom stereocenters. The fraction of sp³-hybridized carbons (Fsp3) is 0.160. The molecular formula is C50H47NOS. The monoisotopic (exact) mass is 709 g/mol. The number of nitrogens with one attached hydrogen (secondary N) is 1. The van der Waals surface area contributed by atoms with Crippen molar-refractivity contribution in [2.75, 3.05) is 0 Å². The van der Waals surface area contributed by atoms with E-state index < -0.39 is 0 Å². The molecule has 53 heavy (non-hydrogen) atoms. The molecule has 7 aromatic carbocycles. The van der Waals surface area contributed by atoms with Crippen LogP contribution in [0.1, 0.15) is 44.5 Å². The molecular weight excluding hydrogens is 663 g/mol. The second kappa shape index (κ2) is 15.0. The quantitative estimate of drug-likeness (QED) is 0.122. The van der Waals surface area contributed by atoms with E-state index in [4.69, 9.17) is 0 Å². The minimum atomic E-state index is 0.965. The van der Waals surface area contributed by atoms with Crippen molar-refractivity contribution >= 4 is 11.9 Å². The topological polar surface area (TPSA) is 32.3 Å².